The molecule has 1 atom stereocenters. The maximum Gasteiger partial charge on any atom is 0.338 e. The van der Waals surface area contributed by atoms with Crippen molar-refractivity contribution in [3.63, 3.8) is 0 Å². The first-order valence-corrected chi connectivity index (χ1v) is 13.3. The van der Waals surface area contributed by atoms with Crippen molar-refractivity contribution in [2.75, 3.05) is 13.2 Å². The topological polar surface area (TPSA) is 93.7 Å². The Morgan fingerprint density at radius 2 is 1.90 bits per heavy atom. The maximum absolute atomic E-state index is 13.9. The third-order valence-corrected chi connectivity index (χ3v) is 7.25. The SMILES string of the molecule is CCOC(=O)C1=C(c2ccccc2)N=c2s/c(=C\c3cccc(OCC#N)c3)c(=O)n2[C@H]1c1ccc(Cl)cc1. The molecule has 1 aliphatic rings. The molecule has 1 aliphatic heterocycles. The summed E-state index contributed by atoms with van der Waals surface area (Å²) in [4.78, 5) is 32.6. The van der Waals surface area contributed by atoms with Gasteiger partial charge in [-0.05, 0) is 48.4 Å². The molecule has 0 fully saturated rings. The van der Waals surface area contributed by atoms with E-state index in [4.69, 9.17) is 31.3 Å². The molecule has 5 rings (SSSR count). The predicted molar refractivity (Wildman–Crippen MR) is 150 cm³/mol. The number of hydrogen-bond donors (Lipinski definition) is 0. The van der Waals surface area contributed by atoms with Crippen molar-refractivity contribution in [2.24, 2.45) is 4.99 Å². The van der Waals surface area contributed by atoms with Gasteiger partial charge in [-0.1, -0.05) is 77.5 Å². The number of halogens is 1. The Balaban J connectivity index is 1.76. The Hall–Kier alpha value is -4.45. The first-order chi connectivity index (χ1) is 19.0. The molecule has 0 N–H and O–H groups in total. The molecule has 2 heterocycles. The first-order valence-electron chi connectivity index (χ1n) is 12.1. The van der Waals surface area contributed by atoms with Crippen molar-refractivity contribution in [3.05, 3.63) is 126 Å². The van der Waals surface area contributed by atoms with Gasteiger partial charge in [0.1, 0.15) is 11.8 Å². The van der Waals surface area contributed by atoms with Crippen LogP contribution in [0.1, 0.15) is 29.7 Å². The van der Waals surface area contributed by atoms with Crippen LogP contribution >= 0.6 is 22.9 Å². The molecule has 194 valence electrons. The van der Waals surface area contributed by atoms with E-state index in [1.807, 2.05) is 42.5 Å². The van der Waals surface area contributed by atoms with E-state index in [1.165, 1.54) is 15.9 Å². The molecule has 1 aromatic heterocycles. The molecule has 0 saturated heterocycles. The fourth-order valence-corrected chi connectivity index (χ4v) is 5.49. The molecule has 0 unspecified atom stereocenters. The molecule has 0 bridgehead atoms. The summed E-state index contributed by atoms with van der Waals surface area (Å²) < 4.78 is 12.8. The Bertz CT molecular complexity index is 1780. The highest BCUT2D eigenvalue weighted by Crippen LogP contribution is 2.35. The second kappa shape index (κ2) is 11.5. The number of nitrogens with zero attached hydrogens (tertiary/aromatic N) is 3. The van der Waals surface area contributed by atoms with Crippen LogP contribution in [0.2, 0.25) is 5.02 Å². The van der Waals surface area contributed by atoms with Crippen LogP contribution in [0, 0.1) is 11.3 Å². The quantitative estimate of drug-likeness (QED) is 0.313. The normalized spacial score (nSPS) is 14.8. The zero-order valence-corrected chi connectivity index (χ0v) is 22.4. The lowest BCUT2D eigenvalue weighted by atomic mass is 9.93. The third kappa shape index (κ3) is 5.41. The Morgan fingerprint density at radius 3 is 2.62 bits per heavy atom. The zero-order chi connectivity index (χ0) is 27.4. The summed E-state index contributed by atoms with van der Waals surface area (Å²) in [6, 6.07) is 24.7. The summed E-state index contributed by atoms with van der Waals surface area (Å²) in [5.41, 5.74) is 2.59. The summed E-state index contributed by atoms with van der Waals surface area (Å²) >= 11 is 7.40. The van der Waals surface area contributed by atoms with Crippen molar-refractivity contribution >= 4 is 40.7 Å². The summed E-state index contributed by atoms with van der Waals surface area (Å²) in [5, 5.41) is 9.35. The molecule has 9 heteroatoms. The molecule has 39 heavy (non-hydrogen) atoms. The molecule has 4 aromatic rings. The Kier molecular flexibility index (Phi) is 7.73. The van der Waals surface area contributed by atoms with Crippen molar-refractivity contribution in [1.82, 2.24) is 4.57 Å². The van der Waals surface area contributed by atoms with Gasteiger partial charge in [-0.15, -0.1) is 0 Å². The second-order valence-corrected chi connectivity index (χ2v) is 9.95. The molecular weight excluding hydrogens is 534 g/mol. The summed E-state index contributed by atoms with van der Waals surface area (Å²) in [6.07, 6.45) is 1.75. The largest absolute Gasteiger partial charge is 0.479 e. The van der Waals surface area contributed by atoms with Crippen LogP contribution in [-0.2, 0) is 9.53 Å². The van der Waals surface area contributed by atoms with Crippen molar-refractivity contribution in [1.29, 1.82) is 5.26 Å². The average molecular weight is 556 g/mol. The second-order valence-electron chi connectivity index (χ2n) is 8.50. The number of nitriles is 1. The summed E-state index contributed by atoms with van der Waals surface area (Å²) in [6.45, 7) is 1.83. The highest BCUT2D eigenvalue weighted by molar-refractivity contribution is 7.07. The number of hydrogen-bond acceptors (Lipinski definition) is 7. The highest BCUT2D eigenvalue weighted by Gasteiger charge is 2.35. The van der Waals surface area contributed by atoms with Crippen LogP contribution in [-0.4, -0.2) is 23.8 Å². The molecule has 3 aromatic carbocycles. The molecule has 0 saturated carbocycles. The smallest absolute Gasteiger partial charge is 0.338 e. The molecule has 7 nitrogen and oxygen atoms in total. The van der Waals surface area contributed by atoms with Crippen LogP contribution in [0.25, 0.3) is 11.8 Å². The van der Waals surface area contributed by atoms with Gasteiger partial charge in [0.2, 0.25) is 0 Å². The lowest BCUT2D eigenvalue weighted by molar-refractivity contribution is -0.138. The minimum atomic E-state index is -0.778. The number of aromatic nitrogens is 1. The number of rotatable bonds is 7. The third-order valence-electron chi connectivity index (χ3n) is 6.02. The van der Waals surface area contributed by atoms with E-state index < -0.39 is 12.0 Å². The number of thiazole rings is 1. The molecule has 0 spiro atoms. The standard InChI is InChI=1S/C30H22ClN3O4S/c1-2-37-29(36)25-26(20-8-4-3-5-9-20)33-30-34(27(25)21-11-13-22(31)14-12-21)28(35)24(39-30)18-19-7-6-10-23(17-19)38-16-15-32/h3-14,17-18,27H,2,16H2,1H3/b24-18-/t27-/m0/s1. The fourth-order valence-electron chi connectivity index (χ4n) is 4.36. The van der Waals surface area contributed by atoms with Gasteiger partial charge in [0.25, 0.3) is 5.56 Å². The highest BCUT2D eigenvalue weighted by atomic mass is 35.5. The van der Waals surface area contributed by atoms with Gasteiger partial charge in [0, 0.05) is 10.6 Å². The van der Waals surface area contributed by atoms with Gasteiger partial charge >= 0.3 is 5.97 Å². The first kappa shape index (κ1) is 26.2. The van der Waals surface area contributed by atoms with Crippen LogP contribution in [0.4, 0.5) is 0 Å². The lowest BCUT2D eigenvalue weighted by Gasteiger charge is -2.25. The van der Waals surface area contributed by atoms with Crippen molar-refractivity contribution < 1.29 is 14.3 Å². The number of ether oxygens (including phenoxy) is 2. The van der Waals surface area contributed by atoms with Gasteiger partial charge in [-0.3, -0.25) is 9.36 Å². The number of carbonyl (C=O) groups is 1. The van der Waals surface area contributed by atoms with E-state index in [0.717, 1.165) is 11.1 Å². The van der Waals surface area contributed by atoms with E-state index in [9.17, 15) is 9.59 Å². The average Bonchev–Trinajstić information content (AvgIpc) is 3.26. The Morgan fingerprint density at radius 1 is 1.13 bits per heavy atom. The summed E-state index contributed by atoms with van der Waals surface area (Å²) in [5.74, 6) is -0.0234. The lowest BCUT2D eigenvalue weighted by Crippen LogP contribution is -2.40. The van der Waals surface area contributed by atoms with E-state index >= 15 is 0 Å². The van der Waals surface area contributed by atoms with Gasteiger partial charge in [-0.2, -0.15) is 5.26 Å². The molecule has 0 amide bonds. The minimum absolute atomic E-state index is 0.0777. The zero-order valence-electron chi connectivity index (χ0n) is 20.8. The van der Waals surface area contributed by atoms with E-state index in [1.54, 1.807) is 55.5 Å². The van der Waals surface area contributed by atoms with E-state index in [-0.39, 0.29) is 24.3 Å². The van der Waals surface area contributed by atoms with Crippen LogP contribution < -0.4 is 19.6 Å². The number of carbonyl (C=O) groups excluding carboxylic acids is 1. The van der Waals surface area contributed by atoms with Gasteiger partial charge in [0.15, 0.2) is 11.4 Å². The summed E-state index contributed by atoms with van der Waals surface area (Å²) in [7, 11) is 0. The van der Waals surface area contributed by atoms with Gasteiger partial charge in [0.05, 0.1) is 28.5 Å². The number of benzene rings is 3. The van der Waals surface area contributed by atoms with Gasteiger partial charge in [-0.25, -0.2) is 9.79 Å². The number of esters is 1. The van der Waals surface area contributed by atoms with Gasteiger partial charge < -0.3 is 9.47 Å². The van der Waals surface area contributed by atoms with Crippen LogP contribution in [0.15, 0.2) is 94.2 Å². The van der Waals surface area contributed by atoms with Crippen molar-refractivity contribution in [3.8, 4) is 11.8 Å². The molecular formula is C30H22ClN3O4S. The van der Waals surface area contributed by atoms with Crippen LogP contribution in [0.3, 0.4) is 0 Å². The molecule has 0 radical (unpaired) electrons. The molecule has 0 aliphatic carbocycles. The number of fused-ring (bicyclic) bond motifs is 1. The minimum Gasteiger partial charge on any atom is -0.479 e. The van der Waals surface area contributed by atoms with E-state index in [0.29, 0.717) is 31.4 Å². The maximum atomic E-state index is 13.9. The monoisotopic (exact) mass is 555 g/mol. The van der Waals surface area contributed by atoms with Crippen molar-refractivity contribution in [2.45, 2.75) is 13.0 Å². The Labute approximate surface area is 233 Å². The van der Waals surface area contributed by atoms with E-state index in [2.05, 4.69) is 0 Å². The predicted octanol–water partition coefficient (Wildman–Crippen LogP) is 4.49. The van der Waals surface area contributed by atoms with Crippen LogP contribution in [0.5, 0.6) is 5.75 Å². The fraction of sp³-hybridized carbons (Fsp3) is 0.133.